The van der Waals surface area contributed by atoms with Gasteiger partial charge in [0.05, 0.1) is 15.9 Å². The van der Waals surface area contributed by atoms with E-state index in [-0.39, 0.29) is 22.5 Å². The molecule has 7 heteroatoms. The van der Waals surface area contributed by atoms with E-state index in [9.17, 15) is 13.2 Å². The first kappa shape index (κ1) is 19.4. The Labute approximate surface area is 159 Å². The Morgan fingerprint density at radius 1 is 0.852 bits per heavy atom. The molecule has 0 spiro atoms. The number of aromatic amines is 2. The second kappa shape index (κ2) is 7.32. The lowest BCUT2D eigenvalue weighted by molar-refractivity contribution is 0.463. The van der Waals surface area contributed by atoms with Gasteiger partial charge in [-0.05, 0) is 41.2 Å². The first-order valence-corrected chi connectivity index (χ1v) is 10.5. The van der Waals surface area contributed by atoms with E-state index in [0.29, 0.717) is 17.0 Å². The van der Waals surface area contributed by atoms with Crippen molar-refractivity contribution in [3.8, 4) is 0 Å². The lowest BCUT2D eigenvalue weighted by Crippen LogP contribution is -2.31. The number of hydrogen-bond donors (Lipinski definition) is 3. The highest BCUT2D eigenvalue weighted by Gasteiger charge is 2.24. The minimum atomic E-state index is -3.75. The number of hydrogen-bond acceptors (Lipinski definition) is 3. The maximum atomic E-state index is 12.9. The molecule has 1 heterocycles. The van der Waals surface area contributed by atoms with Gasteiger partial charge in [-0.2, -0.15) is 0 Å². The van der Waals surface area contributed by atoms with E-state index in [1.54, 1.807) is 6.07 Å². The molecular weight excluding hydrogens is 362 g/mol. The van der Waals surface area contributed by atoms with Gasteiger partial charge in [0.15, 0.2) is 0 Å². The van der Waals surface area contributed by atoms with Crippen LogP contribution >= 0.6 is 0 Å². The molecule has 1 atom stereocenters. The summed E-state index contributed by atoms with van der Waals surface area (Å²) in [4.78, 5) is 16.7. The molecule has 0 radical (unpaired) electrons. The van der Waals surface area contributed by atoms with Crippen LogP contribution < -0.4 is 10.4 Å². The van der Waals surface area contributed by atoms with Gasteiger partial charge in [-0.3, -0.25) is 0 Å². The minimum Gasteiger partial charge on any atom is -0.306 e. The van der Waals surface area contributed by atoms with E-state index in [2.05, 4.69) is 28.5 Å². The number of nitrogens with one attached hydrogen (secondary N) is 3. The molecule has 0 aliphatic rings. The molecule has 0 aliphatic heterocycles. The summed E-state index contributed by atoms with van der Waals surface area (Å²) < 4.78 is 28.7. The fraction of sp³-hybridized carbons (Fsp3) is 0.350. The van der Waals surface area contributed by atoms with Gasteiger partial charge in [0.2, 0.25) is 10.0 Å². The predicted molar refractivity (Wildman–Crippen MR) is 107 cm³/mol. The largest absolute Gasteiger partial charge is 0.323 e. The summed E-state index contributed by atoms with van der Waals surface area (Å²) in [5.41, 5.74) is 2.81. The van der Waals surface area contributed by atoms with E-state index in [4.69, 9.17) is 0 Å². The Hall–Kier alpha value is -2.38. The summed E-state index contributed by atoms with van der Waals surface area (Å²) in [6, 6.07) is 12.2. The smallest absolute Gasteiger partial charge is 0.306 e. The zero-order valence-electron chi connectivity index (χ0n) is 15.9. The summed E-state index contributed by atoms with van der Waals surface area (Å²) >= 11 is 0. The first-order chi connectivity index (χ1) is 12.7. The van der Waals surface area contributed by atoms with Crippen LogP contribution in [0.4, 0.5) is 0 Å². The van der Waals surface area contributed by atoms with Crippen LogP contribution in [-0.4, -0.2) is 18.4 Å². The molecule has 27 heavy (non-hydrogen) atoms. The van der Waals surface area contributed by atoms with Crippen molar-refractivity contribution < 1.29 is 8.42 Å². The van der Waals surface area contributed by atoms with Crippen molar-refractivity contribution in [2.24, 2.45) is 5.92 Å². The van der Waals surface area contributed by atoms with E-state index < -0.39 is 10.0 Å². The highest BCUT2D eigenvalue weighted by Crippen LogP contribution is 2.26. The summed E-state index contributed by atoms with van der Waals surface area (Å²) in [6.45, 7) is 8.21. The van der Waals surface area contributed by atoms with Gasteiger partial charge in [0.1, 0.15) is 0 Å². The standard InChI is InChI=1S/C20H25N3O3S/c1-12(2)14-5-7-15(8-6-14)19(13(3)4)23-27(25,26)16-9-10-17-18(11-16)22-20(24)21-17/h5-13,19,23H,1-4H3,(H2,21,22,24)/t19-/m1/s1. The van der Waals surface area contributed by atoms with Crippen LogP contribution in [0.2, 0.25) is 0 Å². The molecule has 0 saturated heterocycles. The van der Waals surface area contributed by atoms with Gasteiger partial charge >= 0.3 is 5.69 Å². The Morgan fingerprint density at radius 2 is 1.44 bits per heavy atom. The second-order valence-electron chi connectivity index (χ2n) is 7.45. The van der Waals surface area contributed by atoms with Gasteiger partial charge in [-0.1, -0.05) is 52.0 Å². The fourth-order valence-corrected chi connectivity index (χ4v) is 4.49. The highest BCUT2D eigenvalue weighted by atomic mass is 32.2. The monoisotopic (exact) mass is 387 g/mol. The SMILES string of the molecule is CC(C)c1ccc([C@H](NS(=O)(=O)c2ccc3[nH]c(=O)[nH]c3c2)C(C)C)cc1. The van der Waals surface area contributed by atoms with Crippen LogP contribution in [0.5, 0.6) is 0 Å². The van der Waals surface area contributed by atoms with Gasteiger partial charge < -0.3 is 9.97 Å². The molecule has 3 aromatic rings. The summed E-state index contributed by atoms with van der Waals surface area (Å²) in [5, 5.41) is 0. The van der Waals surface area contributed by atoms with Crippen molar-refractivity contribution in [2.45, 2.75) is 44.6 Å². The molecule has 0 amide bonds. The van der Waals surface area contributed by atoms with Crippen molar-refractivity contribution >= 4 is 21.1 Å². The normalized spacial score (nSPS) is 13.6. The summed E-state index contributed by atoms with van der Waals surface area (Å²) in [7, 11) is -3.75. The van der Waals surface area contributed by atoms with Gasteiger partial charge in [0, 0.05) is 6.04 Å². The number of aromatic nitrogens is 2. The van der Waals surface area contributed by atoms with Crippen LogP contribution in [0.1, 0.15) is 50.8 Å². The number of rotatable bonds is 6. The Balaban J connectivity index is 1.93. The molecule has 1 aromatic heterocycles. The van der Waals surface area contributed by atoms with E-state index in [1.165, 1.54) is 17.7 Å². The van der Waals surface area contributed by atoms with E-state index in [0.717, 1.165) is 5.56 Å². The zero-order chi connectivity index (χ0) is 19.8. The van der Waals surface area contributed by atoms with Crippen molar-refractivity contribution in [1.82, 2.24) is 14.7 Å². The van der Waals surface area contributed by atoms with E-state index in [1.807, 2.05) is 38.1 Å². The van der Waals surface area contributed by atoms with E-state index >= 15 is 0 Å². The maximum absolute atomic E-state index is 12.9. The van der Waals surface area contributed by atoms with Crippen molar-refractivity contribution in [3.05, 3.63) is 64.1 Å². The second-order valence-corrected chi connectivity index (χ2v) is 9.16. The molecule has 3 N–H and O–H groups in total. The minimum absolute atomic E-state index is 0.0699. The highest BCUT2D eigenvalue weighted by molar-refractivity contribution is 7.89. The van der Waals surface area contributed by atoms with Crippen LogP contribution in [-0.2, 0) is 10.0 Å². The molecule has 0 fully saturated rings. The number of sulfonamides is 1. The third-order valence-electron chi connectivity index (χ3n) is 4.71. The molecule has 2 aromatic carbocycles. The number of benzene rings is 2. The first-order valence-electron chi connectivity index (χ1n) is 9.01. The van der Waals surface area contributed by atoms with Crippen LogP contribution in [0.25, 0.3) is 11.0 Å². The van der Waals surface area contributed by atoms with Crippen molar-refractivity contribution in [3.63, 3.8) is 0 Å². The average molecular weight is 388 g/mol. The third kappa shape index (κ3) is 4.14. The molecule has 0 unspecified atom stereocenters. The fourth-order valence-electron chi connectivity index (χ4n) is 3.09. The average Bonchev–Trinajstić information content (AvgIpc) is 2.98. The van der Waals surface area contributed by atoms with Gasteiger partial charge in [0.25, 0.3) is 0 Å². The van der Waals surface area contributed by atoms with Crippen molar-refractivity contribution in [1.29, 1.82) is 0 Å². The Morgan fingerprint density at radius 3 is 2.04 bits per heavy atom. The molecule has 6 nitrogen and oxygen atoms in total. The number of imidazole rings is 1. The van der Waals surface area contributed by atoms with Crippen LogP contribution in [0.3, 0.4) is 0 Å². The molecule has 144 valence electrons. The molecular formula is C20H25N3O3S. The molecule has 3 rings (SSSR count). The van der Waals surface area contributed by atoms with Gasteiger partial charge in [-0.15, -0.1) is 0 Å². The lowest BCUT2D eigenvalue weighted by atomic mass is 9.94. The summed E-state index contributed by atoms with van der Waals surface area (Å²) in [6.07, 6.45) is 0. The molecule has 0 saturated carbocycles. The van der Waals surface area contributed by atoms with Crippen molar-refractivity contribution in [2.75, 3.05) is 0 Å². The topological polar surface area (TPSA) is 94.8 Å². The molecule has 0 bridgehead atoms. The lowest BCUT2D eigenvalue weighted by Gasteiger charge is -2.23. The quantitative estimate of drug-likeness (QED) is 0.602. The number of fused-ring (bicyclic) bond motifs is 1. The summed E-state index contributed by atoms with van der Waals surface area (Å²) in [5.74, 6) is 0.490. The Kier molecular flexibility index (Phi) is 5.26. The number of H-pyrrole nitrogens is 2. The molecule has 0 aliphatic carbocycles. The maximum Gasteiger partial charge on any atom is 0.323 e. The zero-order valence-corrected chi connectivity index (χ0v) is 16.7. The van der Waals surface area contributed by atoms with Crippen LogP contribution in [0.15, 0.2) is 52.2 Å². The Bertz CT molecular complexity index is 1090. The predicted octanol–water partition coefficient (Wildman–Crippen LogP) is 3.66. The van der Waals surface area contributed by atoms with Crippen LogP contribution in [0, 0.1) is 5.92 Å². The third-order valence-corrected chi connectivity index (χ3v) is 6.15. The van der Waals surface area contributed by atoms with Gasteiger partial charge in [-0.25, -0.2) is 17.9 Å².